The topological polar surface area (TPSA) is 124 Å². The van der Waals surface area contributed by atoms with Crippen LogP contribution < -0.4 is 0 Å². The van der Waals surface area contributed by atoms with Crippen molar-refractivity contribution in [1.82, 2.24) is 39.7 Å². The summed E-state index contributed by atoms with van der Waals surface area (Å²) in [7, 11) is 0. The van der Waals surface area contributed by atoms with Crippen molar-refractivity contribution in [1.29, 1.82) is 0 Å². The summed E-state index contributed by atoms with van der Waals surface area (Å²) in [5.41, 5.74) is 5.50. The van der Waals surface area contributed by atoms with Gasteiger partial charge in [0.15, 0.2) is 11.6 Å². The predicted molar refractivity (Wildman–Crippen MR) is 153 cm³/mol. The fraction of sp³-hybridized carbons (Fsp3) is 0.161. The average Bonchev–Trinajstić information content (AvgIpc) is 3.60. The standard InChI is InChI=1S/C31H24N8O2/c40-29(25-13-5-11-23(32-25)27-34-19-7-1-2-8-20(19)35-27)38-15-31(16-38)17-39(18-31)30(41)26-14-6-12-24(33-26)28-36-21-9-3-4-10-22(21)37-28/h1-14H,15-18H2,(H,34,35)(H,36,37). The molecule has 2 aliphatic rings. The Morgan fingerprint density at radius 3 is 1.44 bits per heavy atom. The van der Waals surface area contributed by atoms with Crippen LogP contribution in [0.15, 0.2) is 84.9 Å². The fourth-order valence-electron chi connectivity index (χ4n) is 5.86. The first-order chi connectivity index (χ1) is 20.0. The van der Waals surface area contributed by atoms with Crippen LogP contribution in [0.2, 0.25) is 0 Å². The Balaban J connectivity index is 0.920. The lowest BCUT2D eigenvalue weighted by Crippen LogP contribution is -2.73. The third kappa shape index (κ3) is 3.95. The molecule has 1 spiro atoms. The molecule has 2 aliphatic heterocycles. The summed E-state index contributed by atoms with van der Waals surface area (Å²) < 4.78 is 0. The maximum absolute atomic E-state index is 13.2. The zero-order valence-corrected chi connectivity index (χ0v) is 21.9. The van der Waals surface area contributed by atoms with Gasteiger partial charge < -0.3 is 19.8 Å². The highest BCUT2D eigenvalue weighted by Crippen LogP contribution is 2.40. The number of aromatic nitrogens is 6. The number of carbonyl (C=O) groups is 2. The number of nitrogens with zero attached hydrogens (tertiary/aromatic N) is 6. The minimum absolute atomic E-state index is 0.0714. The molecule has 2 amide bonds. The van der Waals surface area contributed by atoms with E-state index < -0.39 is 0 Å². The highest BCUT2D eigenvalue weighted by atomic mass is 16.2. The summed E-state index contributed by atoms with van der Waals surface area (Å²) in [6.07, 6.45) is 0. The van der Waals surface area contributed by atoms with Crippen LogP contribution in [-0.2, 0) is 0 Å². The van der Waals surface area contributed by atoms with E-state index in [4.69, 9.17) is 0 Å². The molecule has 10 heteroatoms. The van der Waals surface area contributed by atoms with E-state index in [-0.39, 0.29) is 17.2 Å². The lowest BCUT2D eigenvalue weighted by Gasteiger charge is -2.59. The van der Waals surface area contributed by atoms with E-state index in [1.54, 1.807) is 21.9 Å². The molecule has 0 unspecified atom stereocenters. The Labute approximate surface area is 234 Å². The molecule has 0 bridgehead atoms. The number of fused-ring (bicyclic) bond motifs is 2. The summed E-state index contributed by atoms with van der Waals surface area (Å²) in [6, 6.07) is 26.4. The van der Waals surface area contributed by atoms with Gasteiger partial charge >= 0.3 is 0 Å². The van der Waals surface area contributed by atoms with E-state index in [1.165, 1.54) is 0 Å². The molecule has 0 aliphatic carbocycles. The molecule has 2 aromatic carbocycles. The summed E-state index contributed by atoms with van der Waals surface area (Å²) in [5, 5.41) is 0. The number of rotatable bonds is 4. The molecule has 0 saturated carbocycles. The van der Waals surface area contributed by atoms with Gasteiger partial charge in [0.1, 0.15) is 22.8 Å². The minimum Gasteiger partial charge on any atom is -0.337 e. The van der Waals surface area contributed by atoms with Crippen molar-refractivity contribution in [3.8, 4) is 23.0 Å². The molecule has 10 nitrogen and oxygen atoms in total. The Morgan fingerprint density at radius 1 is 0.561 bits per heavy atom. The van der Waals surface area contributed by atoms with Crippen molar-refractivity contribution in [2.75, 3.05) is 26.2 Å². The molecule has 0 radical (unpaired) electrons. The predicted octanol–water partition coefficient (Wildman–Crippen LogP) is 4.16. The molecule has 0 atom stereocenters. The quantitative estimate of drug-likeness (QED) is 0.346. The van der Waals surface area contributed by atoms with E-state index >= 15 is 0 Å². The van der Waals surface area contributed by atoms with Crippen LogP contribution in [0, 0.1) is 5.41 Å². The molecule has 4 aromatic heterocycles. The van der Waals surface area contributed by atoms with Crippen LogP contribution in [0.25, 0.3) is 45.1 Å². The van der Waals surface area contributed by atoms with Gasteiger partial charge in [-0.1, -0.05) is 36.4 Å². The monoisotopic (exact) mass is 540 g/mol. The number of hydrogen-bond acceptors (Lipinski definition) is 6. The van der Waals surface area contributed by atoms with Crippen molar-refractivity contribution in [2.45, 2.75) is 0 Å². The second kappa shape index (κ2) is 8.82. The largest absolute Gasteiger partial charge is 0.337 e. The number of aromatic amines is 2. The summed E-state index contributed by atoms with van der Waals surface area (Å²) >= 11 is 0. The number of H-pyrrole nitrogens is 2. The third-order valence-corrected chi connectivity index (χ3v) is 7.88. The highest BCUT2D eigenvalue weighted by molar-refractivity contribution is 5.95. The van der Waals surface area contributed by atoms with Crippen molar-refractivity contribution < 1.29 is 9.59 Å². The first-order valence-corrected chi connectivity index (χ1v) is 13.5. The molecule has 41 heavy (non-hydrogen) atoms. The van der Waals surface area contributed by atoms with Gasteiger partial charge in [-0.15, -0.1) is 0 Å². The van der Waals surface area contributed by atoms with Crippen LogP contribution in [0.3, 0.4) is 0 Å². The van der Waals surface area contributed by atoms with Gasteiger partial charge in [0, 0.05) is 31.6 Å². The number of pyridine rings is 2. The Bertz CT molecular complexity index is 1770. The Kier molecular flexibility index (Phi) is 5.05. The fourth-order valence-corrected chi connectivity index (χ4v) is 5.86. The van der Waals surface area contributed by atoms with E-state index in [9.17, 15) is 9.59 Å². The van der Waals surface area contributed by atoms with E-state index in [2.05, 4.69) is 29.9 Å². The summed E-state index contributed by atoms with van der Waals surface area (Å²) in [5.74, 6) is 1.04. The minimum atomic E-state index is -0.112. The van der Waals surface area contributed by atoms with Gasteiger partial charge in [0.05, 0.1) is 22.1 Å². The normalized spacial score (nSPS) is 15.7. The number of hydrogen-bond donors (Lipinski definition) is 2. The number of para-hydroxylation sites is 4. The number of imidazole rings is 2. The summed E-state index contributed by atoms with van der Waals surface area (Å²) in [6.45, 7) is 2.38. The smallest absolute Gasteiger partial charge is 0.272 e. The zero-order chi connectivity index (χ0) is 27.6. The second-order valence-corrected chi connectivity index (χ2v) is 10.8. The molecule has 200 valence electrons. The number of benzene rings is 2. The zero-order valence-electron chi connectivity index (χ0n) is 21.9. The van der Waals surface area contributed by atoms with Gasteiger partial charge in [0.2, 0.25) is 0 Å². The number of likely N-dealkylation sites (tertiary alicyclic amines) is 2. The first-order valence-electron chi connectivity index (χ1n) is 13.5. The van der Waals surface area contributed by atoms with Gasteiger partial charge in [0.25, 0.3) is 11.8 Å². The SMILES string of the molecule is O=C(c1cccc(-c2nc3ccccc3[nH]2)n1)N1CC2(C1)CN(C(=O)c1cccc(-c3nc4ccccc4[nH]3)n1)C2. The van der Waals surface area contributed by atoms with Crippen LogP contribution >= 0.6 is 0 Å². The highest BCUT2D eigenvalue weighted by Gasteiger charge is 2.54. The maximum atomic E-state index is 13.2. The van der Waals surface area contributed by atoms with Gasteiger partial charge in [-0.05, 0) is 48.5 Å². The first kappa shape index (κ1) is 23.5. The molecular formula is C31H24N8O2. The van der Waals surface area contributed by atoms with Crippen LogP contribution in [0.4, 0.5) is 0 Å². The lowest BCUT2D eigenvalue weighted by molar-refractivity contribution is -0.0825. The number of carbonyl (C=O) groups excluding carboxylic acids is 2. The Hall–Kier alpha value is -5.38. The maximum Gasteiger partial charge on any atom is 0.272 e. The molecule has 8 rings (SSSR count). The van der Waals surface area contributed by atoms with Gasteiger partial charge in [-0.2, -0.15) is 0 Å². The van der Waals surface area contributed by atoms with Crippen LogP contribution in [0.1, 0.15) is 21.0 Å². The number of amides is 2. The molecule has 2 saturated heterocycles. The average molecular weight is 541 g/mol. The van der Waals surface area contributed by atoms with E-state index in [0.29, 0.717) is 60.6 Å². The molecule has 2 N–H and O–H groups in total. The number of nitrogens with one attached hydrogen (secondary N) is 2. The Morgan fingerprint density at radius 2 is 1.00 bits per heavy atom. The van der Waals surface area contributed by atoms with E-state index in [0.717, 1.165) is 22.1 Å². The second-order valence-electron chi connectivity index (χ2n) is 10.8. The summed E-state index contributed by atoms with van der Waals surface area (Å²) in [4.78, 5) is 55.0. The van der Waals surface area contributed by atoms with Crippen LogP contribution in [-0.4, -0.2) is 77.7 Å². The van der Waals surface area contributed by atoms with Gasteiger partial charge in [-0.3, -0.25) is 9.59 Å². The van der Waals surface area contributed by atoms with E-state index in [1.807, 2.05) is 72.8 Å². The van der Waals surface area contributed by atoms with Crippen molar-refractivity contribution in [3.63, 3.8) is 0 Å². The molecule has 6 heterocycles. The van der Waals surface area contributed by atoms with Crippen molar-refractivity contribution in [2.24, 2.45) is 5.41 Å². The molecular weight excluding hydrogens is 516 g/mol. The van der Waals surface area contributed by atoms with Gasteiger partial charge in [-0.25, -0.2) is 19.9 Å². The molecule has 2 fully saturated rings. The lowest BCUT2D eigenvalue weighted by atomic mass is 9.72. The van der Waals surface area contributed by atoms with Crippen molar-refractivity contribution >= 4 is 33.9 Å². The van der Waals surface area contributed by atoms with Crippen molar-refractivity contribution in [3.05, 3.63) is 96.3 Å². The molecule has 6 aromatic rings. The van der Waals surface area contributed by atoms with Crippen LogP contribution in [0.5, 0.6) is 0 Å². The third-order valence-electron chi connectivity index (χ3n) is 7.88.